The predicted octanol–water partition coefficient (Wildman–Crippen LogP) is 4.14. The number of likely N-dealkylation sites (tertiary alicyclic amines) is 1. The molecule has 0 aromatic heterocycles. The van der Waals surface area contributed by atoms with Crippen molar-refractivity contribution in [2.45, 2.75) is 43.5 Å². The fourth-order valence-electron chi connectivity index (χ4n) is 2.52. The van der Waals surface area contributed by atoms with E-state index in [1.165, 1.54) is 6.42 Å². The number of hydrogen-bond acceptors (Lipinski definition) is 2. The summed E-state index contributed by atoms with van der Waals surface area (Å²) in [7, 11) is 0. The van der Waals surface area contributed by atoms with Gasteiger partial charge in [-0.05, 0) is 59.8 Å². The average Bonchev–Trinajstić information content (AvgIpc) is 2.40. The van der Waals surface area contributed by atoms with Crippen molar-refractivity contribution >= 4 is 34.5 Å². The van der Waals surface area contributed by atoms with E-state index in [0.717, 1.165) is 40.7 Å². The van der Waals surface area contributed by atoms with Crippen molar-refractivity contribution in [2.75, 3.05) is 6.54 Å². The minimum Gasteiger partial charge on any atom is -0.336 e. The molecule has 0 N–H and O–H groups in total. The topological polar surface area (TPSA) is 20.3 Å². The molecule has 4 heteroatoms. The molecular formula is C14H18BrNOS. The second-order valence-electron chi connectivity index (χ2n) is 4.72. The Kier molecular flexibility index (Phi) is 4.73. The molecule has 98 valence electrons. The van der Waals surface area contributed by atoms with Crippen molar-refractivity contribution in [1.29, 1.82) is 0 Å². The molecule has 1 unspecified atom stereocenters. The molecule has 1 heterocycles. The number of amides is 1. The van der Waals surface area contributed by atoms with Crippen LogP contribution < -0.4 is 0 Å². The molecule has 2 rings (SSSR count). The van der Waals surface area contributed by atoms with Crippen LogP contribution in [-0.4, -0.2) is 23.4 Å². The van der Waals surface area contributed by atoms with Crippen molar-refractivity contribution in [2.24, 2.45) is 0 Å². The number of halogens is 1. The summed E-state index contributed by atoms with van der Waals surface area (Å²) in [5, 5.41) is 0. The lowest BCUT2D eigenvalue weighted by Crippen LogP contribution is -2.43. The molecule has 1 fully saturated rings. The number of nitrogens with zero attached hydrogens (tertiary/aromatic N) is 1. The van der Waals surface area contributed by atoms with Gasteiger partial charge in [-0.25, -0.2) is 0 Å². The minimum absolute atomic E-state index is 0.129. The van der Waals surface area contributed by atoms with Gasteiger partial charge in [0.2, 0.25) is 0 Å². The van der Waals surface area contributed by atoms with Crippen molar-refractivity contribution < 1.29 is 4.79 Å². The Morgan fingerprint density at radius 1 is 1.50 bits per heavy atom. The first kappa shape index (κ1) is 13.9. The SMILES string of the molecule is CCC1CCCCN1C(=O)c1cc(S)ccc1Br. The molecule has 1 aliphatic heterocycles. The Bertz CT molecular complexity index is 449. The van der Waals surface area contributed by atoms with Gasteiger partial charge in [-0.2, -0.15) is 0 Å². The summed E-state index contributed by atoms with van der Waals surface area (Å²) in [6.07, 6.45) is 4.50. The zero-order chi connectivity index (χ0) is 13.1. The van der Waals surface area contributed by atoms with Crippen molar-refractivity contribution in [3.8, 4) is 0 Å². The number of benzene rings is 1. The molecule has 1 amide bonds. The van der Waals surface area contributed by atoms with E-state index in [1.54, 1.807) is 0 Å². The standard InChI is InChI=1S/C14H18BrNOS/c1-2-10-5-3-4-8-16(10)14(17)12-9-11(18)6-7-13(12)15/h6-7,9-10,18H,2-5,8H2,1H3. The first-order chi connectivity index (χ1) is 8.63. The third-order valence-electron chi connectivity index (χ3n) is 3.54. The first-order valence-electron chi connectivity index (χ1n) is 6.43. The molecule has 0 bridgehead atoms. The second-order valence-corrected chi connectivity index (χ2v) is 6.09. The Labute approximate surface area is 122 Å². The largest absolute Gasteiger partial charge is 0.336 e. The van der Waals surface area contributed by atoms with Crippen LogP contribution in [0.15, 0.2) is 27.6 Å². The maximum absolute atomic E-state index is 12.6. The number of piperidine rings is 1. The highest BCUT2D eigenvalue weighted by atomic mass is 79.9. The van der Waals surface area contributed by atoms with Gasteiger partial charge in [0.05, 0.1) is 5.56 Å². The lowest BCUT2D eigenvalue weighted by Gasteiger charge is -2.35. The van der Waals surface area contributed by atoms with Crippen LogP contribution in [0, 0.1) is 0 Å². The summed E-state index contributed by atoms with van der Waals surface area (Å²) >= 11 is 7.77. The molecule has 1 saturated heterocycles. The number of rotatable bonds is 2. The van der Waals surface area contributed by atoms with E-state index in [0.29, 0.717) is 6.04 Å². The molecule has 0 radical (unpaired) electrons. The Morgan fingerprint density at radius 2 is 2.28 bits per heavy atom. The molecule has 1 atom stereocenters. The summed E-state index contributed by atoms with van der Waals surface area (Å²) in [5.74, 6) is 0.129. The van der Waals surface area contributed by atoms with Crippen LogP contribution in [0.4, 0.5) is 0 Å². The molecule has 0 saturated carbocycles. The van der Waals surface area contributed by atoms with Crippen molar-refractivity contribution in [3.05, 3.63) is 28.2 Å². The van der Waals surface area contributed by atoms with Gasteiger partial charge in [0.15, 0.2) is 0 Å². The van der Waals surface area contributed by atoms with E-state index >= 15 is 0 Å². The zero-order valence-corrected chi connectivity index (χ0v) is 13.0. The van der Waals surface area contributed by atoms with Gasteiger partial charge in [0.1, 0.15) is 0 Å². The number of thiol groups is 1. The summed E-state index contributed by atoms with van der Waals surface area (Å²) < 4.78 is 0.853. The van der Waals surface area contributed by atoms with Crippen LogP contribution in [-0.2, 0) is 0 Å². The van der Waals surface area contributed by atoms with Gasteiger partial charge < -0.3 is 4.90 Å². The van der Waals surface area contributed by atoms with Crippen LogP contribution >= 0.6 is 28.6 Å². The van der Waals surface area contributed by atoms with Gasteiger partial charge in [-0.1, -0.05) is 6.92 Å². The number of hydrogen-bond donors (Lipinski definition) is 1. The van der Waals surface area contributed by atoms with E-state index < -0.39 is 0 Å². The second kappa shape index (κ2) is 6.11. The van der Waals surface area contributed by atoms with Gasteiger partial charge in [0.25, 0.3) is 5.91 Å². The monoisotopic (exact) mass is 327 g/mol. The molecule has 18 heavy (non-hydrogen) atoms. The molecule has 1 aromatic rings. The molecular weight excluding hydrogens is 310 g/mol. The van der Waals surface area contributed by atoms with E-state index in [4.69, 9.17) is 0 Å². The highest BCUT2D eigenvalue weighted by Crippen LogP contribution is 2.26. The lowest BCUT2D eigenvalue weighted by atomic mass is 9.99. The summed E-state index contributed by atoms with van der Waals surface area (Å²) in [6, 6.07) is 6.01. The molecule has 2 nitrogen and oxygen atoms in total. The van der Waals surface area contributed by atoms with Crippen LogP contribution in [0.3, 0.4) is 0 Å². The summed E-state index contributed by atoms with van der Waals surface area (Å²) in [6.45, 7) is 3.03. The Morgan fingerprint density at radius 3 is 3.00 bits per heavy atom. The first-order valence-corrected chi connectivity index (χ1v) is 7.67. The van der Waals surface area contributed by atoms with E-state index in [2.05, 4.69) is 35.5 Å². The van der Waals surface area contributed by atoms with Gasteiger partial charge in [-0.15, -0.1) is 12.6 Å². The van der Waals surface area contributed by atoms with E-state index in [-0.39, 0.29) is 5.91 Å². The average molecular weight is 328 g/mol. The van der Waals surface area contributed by atoms with Crippen molar-refractivity contribution in [1.82, 2.24) is 4.90 Å². The maximum Gasteiger partial charge on any atom is 0.255 e. The smallest absolute Gasteiger partial charge is 0.255 e. The highest BCUT2D eigenvalue weighted by molar-refractivity contribution is 9.10. The van der Waals surface area contributed by atoms with Crippen LogP contribution in [0.2, 0.25) is 0 Å². The van der Waals surface area contributed by atoms with Gasteiger partial charge in [-0.3, -0.25) is 4.79 Å². The zero-order valence-electron chi connectivity index (χ0n) is 10.5. The quantitative estimate of drug-likeness (QED) is 0.809. The number of carbonyl (C=O) groups is 1. The third-order valence-corrected chi connectivity index (χ3v) is 4.51. The summed E-state index contributed by atoms with van der Waals surface area (Å²) in [4.78, 5) is 15.5. The Hall–Kier alpha value is -0.480. The third kappa shape index (κ3) is 2.91. The van der Waals surface area contributed by atoms with E-state index in [1.807, 2.05) is 23.1 Å². The van der Waals surface area contributed by atoms with E-state index in [9.17, 15) is 4.79 Å². The molecule has 1 aliphatic rings. The minimum atomic E-state index is 0.129. The maximum atomic E-state index is 12.6. The fourth-order valence-corrected chi connectivity index (χ4v) is 3.14. The summed E-state index contributed by atoms with van der Waals surface area (Å²) in [5.41, 5.74) is 0.725. The number of carbonyl (C=O) groups excluding carboxylic acids is 1. The van der Waals surface area contributed by atoms with Gasteiger partial charge >= 0.3 is 0 Å². The van der Waals surface area contributed by atoms with Crippen LogP contribution in [0.25, 0.3) is 0 Å². The Balaban J connectivity index is 2.26. The van der Waals surface area contributed by atoms with Gasteiger partial charge in [0, 0.05) is 22.0 Å². The normalized spacial score (nSPS) is 19.9. The lowest BCUT2D eigenvalue weighted by molar-refractivity contribution is 0.0607. The van der Waals surface area contributed by atoms with Crippen LogP contribution in [0.5, 0.6) is 0 Å². The van der Waals surface area contributed by atoms with Crippen molar-refractivity contribution in [3.63, 3.8) is 0 Å². The fraction of sp³-hybridized carbons (Fsp3) is 0.500. The molecule has 0 aliphatic carbocycles. The highest BCUT2D eigenvalue weighted by Gasteiger charge is 2.27. The molecule has 0 spiro atoms. The van der Waals surface area contributed by atoms with Crippen LogP contribution in [0.1, 0.15) is 43.0 Å². The molecule has 1 aromatic carbocycles. The predicted molar refractivity (Wildman–Crippen MR) is 80.4 cm³/mol.